The van der Waals surface area contributed by atoms with Crippen molar-refractivity contribution in [3.63, 3.8) is 0 Å². The molecule has 0 amide bonds. The number of aromatic nitrogens is 2. The first-order chi connectivity index (χ1) is 9.33. The van der Waals surface area contributed by atoms with Crippen LogP contribution in [-0.4, -0.2) is 15.8 Å². The summed E-state index contributed by atoms with van der Waals surface area (Å²) in [5.74, 6) is 0.296. The Kier molecular flexibility index (Phi) is 3.60. The summed E-state index contributed by atoms with van der Waals surface area (Å²) < 4.78 is 0. The second kappa shape index (κ2) is 5.53. The fourth-order valence-electron chi connectivity index (χ4n) is 2.27. The summed E-state index contributed by atoms with van der Waals surface area (Å²) in [7, 11) is 0. The van der Waals surface area contributed by atoms with Gasteiger partial charge in [0.25, 0.3) is 0 Å². The lowest BCUT2D eigenvalue weighted by molar-refractivity contribution is -0.119. The van der Waals surface area contributed by atoms with E-state index in [-0.39, 0.29) is 10.5 Å². The van der Waals surface area contributed by atoms with Crippen molar-refractivity contribution in [3.05, 3.63) is 60.2 Å². The van der Waals surface area contributed by atoms with E-state index in [9.17, 15) is 4.79 Å². The van der Waals surface area contributed by atoms with Gasteiger partial charge in [-0.3, -0.25) is 14.8 Å². The number of pyridine rings is 2. The molecule has 0 unspecified atom stereocenters. The first-order valence-electron chi connectivity index (χ1n) is 6.32. The molecule has 2 atom stereocenters. The Morgan fingerprint density at radius 3 is 1.84 bits per heavy atom. The molecule has 3 rings (SSSR count). The fourth-order valence-corrected chi connectivity index (χ4v) is 3.79. The lowest BCUT2D eigenvalue weighted by Crippen LogP contribution is -2.17. The van der Waals surface area contributed by atoms with Gasteiger partial charge in [0, 0.05) is 25.2 Å². The van der Waals surface area contributed by atoms with Crippen molar-refractivity contribution < 1.29 is 4.79 Å². The van der Waals surface area contributed by atoms with Gasteiger partial charge in [0.15, 0.2) is 0 Å². The Morgan fingerprint density at radius 1 is 0.895 bits per heavy atom. The largest absolute Gasteiger partial charge is 0.300 e. The van der Waals surface area contributed by atoms with E-state index >= 15 is 0 Å². The van der Waals surface area contributed by atoms with E-state index < -0.39 is 0 Å². The Balaban J connectivity index is 1.84. The lowest BCUT2D eigenvalue weighted by atomic mass is 10.0. The van der Waals surface area contributed by atoms with Crippen LogP contribution in [0.5, 0.6) is 0 Å². The molecule has 1 aliphatic rings. The molecule has 0 radical (unpaired) electrons. The van der Waals surface area contributed by atoms with Crippen molar-refractivity contribution in [2.24, 2.45) is 0 Å². The molecule has 0 bridgehead atoms. The maximum absolute atomic E-state index is 12.0. The molecule has 0 aliphatic carbocycles. The molecule has 0 N–H and O–H groups in total. The molecule has 19 heavy (non-hydrogen) atoms. The molecule has 1 aliphatic heterocycles. The first-order valence-corrected chi connectivity index (χ1v) is 7.26. The number of hydrogen-bond acceptors (Lipinski definition) is 4. The van der Waals surface area contributed by atoms with E-state index in [1.807, 2.05) is 36.4 Å². The standard InChI is InChI=1S/C15H14N2OS/c18-11-9-14(12-5-1-3-7-16-12)19-15(10-11)13-6-2-4-8-17-13/h1-8,14-15H,9-10H2/t14-,15-/m1/s1. The molecular formula is C15H14N2OS. The zero-order valence-corrected chi connectivity index (χ0v) is 11.2. The molecule has 3 nitrogen and oxygen atoms in total. The Morgan fingerprint density at radius 2 is 1.42 bits per heavy atom. The first kappa shape index (κ1) is 12.4. The third-order valence-electron chi connectivity index (χ3n) is 3.19. The number of nitrogens with zero attached hydrogens (tertiary/aromatic N) is 2. The Labute approximate surface area is 116 Å². The number of thioether (sulfide) groups is 1. The molecule has 4 heteroatoms. The third-order valence-corrected chi connectivity index (χ3v) is 4.66. The van der Waals surface area contributed by atoms with E-state index in [1.165, 1.54) is 0 Å². The van der Waals surface area contributed by atoms with Crippen molar-refractivity contribution in [3.8, 4) is 0 Å². The van der Waals surface area contributed by atoms with Gasteiger partial charge in [-0.25, -0.2) is 0 Å². The number of carbonyl (C=O) groups excluding carboxylic acids is 1. The van der Waals surface area contributed by atoms with Crippen molar-refractivity contribution in [1.29, 1.82) is 0 Å². The van der Waals surface area contributed by atoms with Crippen molar-refractivity contribution in [2.45, 2.75) is 23.3 Å². The monoisotopic (exact) mass is 270 g/mol. The van der Waals surface area contributed by atoms with Gasteiger partial charge in [0.05, 0.1) is 21.9 Å². The van der Waals surface area contributed by atoms with Gasteiger partial charge in [-0.2, -0.15) is 0 Å². The van der Waals surface area contributed by atoms with Gasteiger partial charge in [0.1, 0.15) is 5.78 Å². The minimum absolute atomic E-state index is 0.148. The number of Topliss-reactive ketones (excluding diaryl/α,β-unsaturated/α-hetero) is 1. The van der Waals surface area contributed by atoms with Crippen LogP contribution in [0.3, 0.4) is 0 Å². The van der Waals surface area contributed by atoms with Gasteiger partial charge >= 0.3 is 0 Å². The highest BCUT2D eigenvalue weighted by Crippen LogP contribution is 2.47. The second-order valence-corrected chi connectivity index (χ2v) is 5.98. The van der Waals surface area contributed by atoms with Crippen molar-refractivity contribution >= 4 is 17.5 Å². The van der Waals surface area contributed by atoms with Crippen LogP contribution >= 0.6 is 11.8 Å². The van der Waals surface area contributed by atoms with E-state index in [0.717, 1.165) is 11.4 Å². The zero-order valence-electron chi connectivity index (χ0n) is 10.4. The van der Waals surface area contributed by atoms with Crippen LogP contribution < -0.4 is 0 Å². The van der Waals surface area contributed by atoms with E-state index in [4.69, 9.17) is 0 Å². The number of ketones is 1. The molecule has 3 heterocycles. The highest BCUT2D eigenvalue weighted by Gasteiger charge is 2.31. The quantitative estimate of drug-likeness (QED) is 0.839. The third kappa shape index (κ3) is 2.84. The maximum atomic E-state index is 12.0. The Bertz CT molecular complexity index is 509. The highest BCUT2D eigenvalue weighted by atomic mass is 32.2. The minimum atomic E-state index is 0.148. The SMILES string of the molecule is O=C1C[C@H](c2ccccn2)S[C@@H](c2ccccn2)C1. The molecule has 0 saturated carbocycles. The van der Waals surface area contributed by atoms with Crippen LogP contribution in [0.4, 0.5) is 0 Å². The summed E-state index contributed by atoms with van der Waals surface area (Å²) in [5.41, 5.74) is 1.97. The van der Waals surface area contributed by atoms with Crippen LogP contribution in [0.2, 0.25) is 0 Å². The second-order valence-electron chi connectivity index (χ2n) is 4.57. The van der Waals surface area contributed by atoms with Gasteiger partial charge < -0.3 is 0 Å². The summed E-state index contributed by atoms with van der Waals surface area (Å²) in [6, 6.07) is 11.7. The van der Waals surface area contributed by atoms with Gasteiger partial charge in [-0.05, 0) is 24.3 Å². The molecule has 2 aromatic rings. The van der Waals surface area contributed by atoms with Gasteiger partial charge in [-0.1, -0.05) is 12.1 Å². The molecule has 96 valence electrons. The summed E-state index contributed by atoms with van der Waals surface area (Å²) in [4.78, 5) is 20.7. The summed E-state index contributed by atoms with van der Waals surface area (Å²) in [6.07, 6.45) is 4.71. The van der Waals surface area contributed by atoms with E-state index in [0.29, 0.717) is 18.6 Å². The molecule has 1 saturated heterocycles. The van der Waals surface area contributed by atoms with Crippen molar-refractivity contribution in [2.75, 3.05) is 0 Å². The van der Waals surface area contributed by atoms with E-state index in [1.54, 1.807) is 24.2 Å². The maximum Gasteiger partial charge on any atom is 0.135 e. The van der Waals surface area contributed by atoms with E-state index in [2.05, 4.69) is 9.97 Å². The Hall–Kier alpha value is -1.68. The smallest absolute Gasteiger partial charge is 0.135 e. The number of hydrogen-bond donors (Lipinski definition) is 0. The summed E-state index contributed by atoms with van der Waals surface area (Å²) in [6.45, 7) is 0. The normalized spacial score (nSPS) is 23.3. The number of carbonyl (C=O) groups is 1. The summed E-state index contributed by atoms with van der Waals surface area (Å²) in [5, 5.41) is 0.295. The lowest BCUT2D eigenvalue weighted by Gasteiger charge is -2.27. The minimum Gasteiger partial charge on any atom is -0.300 e. The average Bonchev–Trinajstić information content (AvgIpc) is 2.48. The topological polar surface area (TPSA) is 42.9 Å². The fraction of sp³-hybridized carbons (Fsp3) is 0.267. The van der Waals surface area contributed by atoms with Crippen LogP contribution in [0, 0.1) is 0 Å². The van der Waals surface area contributed by atoms with Gasteiger partial charge in [-0.15, -0.1) is 11.8 Å². The van der Waals surface area contributed by atoms with Gasteiger partial charge in [0.2, 0.25) is 0 Å². The average molecular weight is 270 g/mol. The van der Waals surface area contributed by atoms with Crippen LogP contribution in [0.15, 0.2) is 48.8 Å². The van der Waals surface area contributed by atoms with Crippen LogP contribution in [-0.2, 0) is 4.79 Å². The predicted octanol–water partition coefficient (Wildman–Crippen LogP) is 3.36. The predicted molar refractivity (Wildman–Crippen MR) is 75.8 cm³/mol. The molecular weight excluding hydrogens is 256 g/mol. The molecule has 0 aromatic carbocycles. The number of rotatable bonds is 2. The highest BCUT2D eigenvalue weighted by molar-refractivity contribution is 7.99. The molecule has 2 aromatic heterocycles. The van der Waals surface area contributed by atoms with Crippen molar-refractivity contribution in [1.82, 2.24) is 9.97 Å². The van der Waals surface area contributed by atoms with Crippen LogP contribution in [0.1, 0.15) is 34.7 Å². The summed E-state index contributed by atoms with van der Waals surface area (Å²) >= 11 is 1.80. The van der Waals surface area contributed by atoms with Crippen LogP contribution in [0.25, 0.3) is 0 Å². The zero-order chi connectivity index (χ0) is 13.1. The molecule has 1 fully saturated rings. The molecule has 0 spiro atoms.